The maximum absolute atomic E-state index is 13.1. The molecule has 0 aromatic heterocycles. The van der Waals surface area contributed by atoms with Crippen LogP contribution in [0.4, 0.5) is 4.39 Å². The molecule has 0 radical (unpaired) electrons. The molecule has 17 heavy (non-hydrogen) atoms. The zero-order valence-corrected chi connectivity index (χ0v) is 12.4. The number of halogens is 1. The maximum Gasteiger partial charge on any atom is 0.0947 e. The molecule has 1 unspecified atom stereocenters. The van der Waals surface area contributed by atoms with E-state index < -0.39 is 0 Å². The lowest BCUT2D eigenvalue weighted by molar-refractivity contribution is 0.186. The van der Waals surface area contributed by atoms with Crippen molar-refractivity contribution in [3.8, 4) is 0 Å². The van der Waals surface area contributed by atoms with Gasteiger partial charge in [0, 0.05) is 0 Å². The van der Waals surface area contributed by atoms with Crippen LogP contribution in [0.15, 0.2) is 0 Å². The van der Waals surface area contributed by atoms with Gasteiger partial charge in [-0.2, -0.15) is 0 Å². The van der Waals surface area contributed by atoms with Crippen LogP contribution in [0, 0.1) is 5.41 Å². The van der Waals surface area contributed by atoms with Crippen molar-refractivity contribution in [1.29, 1.82) is 0 Å². The van der Waals surface area contributed by atoms with Gasteiger partial charge in [-0.15, -0.1) is 0 Å². The monoisotopic (exact) mass is 244 g/mol. The van der Waals surface area contributed by atoms with Crippen molar-refractivity contribution < 1.29 is 4.39 Å². The van der Waals surface area contributed by atoms with Crippen molar-refractivity contribution in [3.63, 3.8) is 0 Å². The molecule has 0 rings (SSSR count). The zero-order chi connectivity index (χ0) is 13.0. The molecule has 0 aliphatic heterocycles. The van der Waals surface area contributed by atoms with Crippen LogP contribution in [0.5, 0.6) is 0 Å². The van der Waals surface area contributed by atoms with E-state index in [-0.39, 0.29) is 12.1 Å². The predicted octanol–water partition coefficient (Wildman–Crippen LogP) is 6.29. The summed E-state index contributed by atoms with van der Waals surface area (Å²) in [4.78, 5) is 0. The van der Waals surface area contributed by atoms with Crippen molar-refractivity contribution >= 4 is 0 Å². The summed E-state index contributed by atoms with van der Waals surface area (Å²) < 4.78 is 13.1. The molecule has 0 nitrogen and oxygen atoms in total. The number of alkyl halides is 1. The Morgan fingerprint density at radius 1 is 0.706 bits per heavy atom. The Balaban J connectivity index is 3.57. The average molecular weight is 244 g/mol. The molecule has 0 saturated carbocycles. The lowest BCUT2D eigenvalue weighted by Crippen LogP contribution is -2.19. The minimum absolute atomic E-state index is 0.0279. The van der Waals surface area contributed by atoms with Crippen molar-refractivity contribution in [2.75, 3.05) is 6.67 Å². The highest BCUT2D eigenvalue weighted by molar-refractivity contribution is 4.73. The van der Waals surface area contributed by atoms with Gasteiger partial charge in [-0.3, -0.25) is 4.39 Å². The molecule has 0 N–H and O–H groups in total. The Kier molecular flexibility index (Phi) is 11.0. The molecule has 104 valence electrons. The van der Waals surface area contributed by atoms with E-state index in [1.165, 1.54) is 57.8 Å². The summed E-state index contributed by atoms with van der Waals surface area (Å²) in [5.41, 5.74) is -0.0279. The van der Waals surface area contributed by atoms with Crippen LogP contribution in [0.2, 0.25) is 0 Å². The molecule has 0 spiro atoms. The van der Waals surface area contributed by atoms with Gasteiger partial charge in [-0.1, -0.05) is 78.6 Å². The second-order valence-corrected chi connectivity index (χ2v) is 5.92. The minimum Gasteiger partial charge on any atom is -0.251 e. The van der Waals surface area contributed by atoms with Gasteiger partial charge in [0.15, 0.2) is 0 Å². The standard InChI is InChI=1S/C16H33F/c1-4-6-8-9-10-12-14-16(3,15-17)13-11-7-5-2/h4-15H2,1-3H3. The van der Waals surface area contributed by atoms with Crippen LogP contribution >= 0.6 is 0 Å². The normalized spacial score (nSPS) is 14.8. The highest BCUT2D eigenvalue weighted by Gasteiger charge is 2.22. The van der Waals surface area contributed by atoms with Crippen molar-refractivity contribution in [2.45, 2.75) is 91.4 Å². The first-order valence-electron chi connectivity index (χ1n) is 7.74. The lowest BCUT2D eigenvalue weighted by Gasteiger charge is -2.26. The van der Waals surface area contributed by atoms with Crippen LogP contribution in [-0.2, 0) is 0 Å². The zero-order valence-electron chi connectivity index (χ0n) is 12.4. The van der Waals surface area contributed by atoms with E-state index in [9.17, 15) is 4.39 Å². The molecular formula is C16H33F. The van der Waals surface area contributed by atoms with E-state index >= 15 is 0 Å². The summed E-state index contributed by atoms with van der Waals surface area (Å²) in [6, 6.07) is 0. The van der Waals surface area contributed by atoms with Gasteiger partial charge in [0.05, 0.1) is 6.67 Å². The van der Waals surface area contributed by atoms with Gasteiger partial charge < -0.3 is 0 Å². The fourth-order valence-corrected chi connectivity index (χ4v) is 2.39. The molecule has 0 aliphatic carbocycles. The Morgan fingerprint density at radius 3 is 1.65 bits per heavy atom. The smallest absolute Gasteiger partial charge is 0.0947 e. The first-order chi connectivity index (χ1) is 8.18. The summed E-state index contributed by atoms with van der Waals surface area (Å²) in [6.45, 7) is 6.45. The topological polar surface area (TPSA) is 0 Å². The van der Waals surface area contributed by atoms with Gasteiger partial charge in [0.2, 0.25) is 0 Å². The summed E-state index contributed by atoms with van der Waals surface area (Å²) in [5, 5.41) is 0. The molecule has 0 fully saturated rings. The van der Waals surface area contributed by atoms with E-state index in [0.717, 1.165) is 12.8 Å². The van der Waals surface area contributed by atoms with Gasteiger partial charge in [0.25, 0.3) is 0 Å². The van der Waals surface area contributed by atoms with E-state index in [4.69, 9.17) is 0 Å². The van der Waals surface area contributed by atoms with Crippen LogP contribution in [0.1, 0.15) is 91.4 Å². The second kappa shape index (κ2) is 11.0. The molecule has 0 heterocycles. The van der Waals surface area contributed by atoms with E-state index in [2.05, 4.69) is 20.8 Å². The molecule has 0 aromatic carbocycles. The quantitative estimate of drug-likeness (QED) is 0.354. The Hall–Kier alpha value is -0.0700. The predicted molar refractivity (Wildman–Crippen MR) is 76.2 cm³/mol. The van der Waals surface area contributed by atoms with Crippen molar-refractivity contribution in [3.05, 3.63) is 0 Å². The number of rotatable bonds is 12. The summed E-state index contributed by atoms with van der Waals surface area (Å²) in [7, 11) is 0. The fourth-order valence-electron chi connectivity index (χ4n) is 2.39. The second-order valence-electron chi connectivity index (χ2n) is 5.92. The SMILES string of the molecule is CCCCCCCCC(C)(CF)CCCCC. The molecule has 0 saturated heterocycles. The average Bonchev–Trinajstić information content (AvgIpc) is 2.34. The Labute approximate surface area is 108 Å². The lowest BCUT2D eigenvalue weighted by atomic mass is 9.81. The van der Waals surface area contributed by atoms with E-state index in [1.54, 1.807) is 0 Å². The summed E-state index contributed by atoms with van der Waals surface area (Å²) >= 11 is 0. The van der Waals surface area contributed by atoms with Gasteiger partial charge in [-0.05, 0) is 18.3 Å². The molecule has 1 atom stereocenters. The van der Waals surface area contributed by atoms with Crippen LogP contribution in [0.3, 0.4) is 0 Å². The molecule has 0 amide bonds. The van der Waals surface area contributed by atoms with Gasteiger partial charge in [-0.25, -0.2) is 0 Å². The molecule has 1 heteroatoms. The van der Waals surface area contributed by atoms with Crippen molar-refractivity contribution in [2.24, 2.45) is 5.41 Å². The molecule has 0 aromatic rings. The first-order valence-corrected chi connectivity index (χ1v) is 7.74. The highest BCUT2D eigenvalue weighted by atomic mass is 19.1. The van der Waals surface area contributed by atoms with Gasteiger partial charge >= 0.3 is 0 Å². The van der Waals surface area contributed by atoms with Crippen molar-refractivity contribution in [1.82, 2.24) is 0 Å². The maximum atomic E-state index is 13.1. The molecule has 0 aliphatic rings. The molecule has 0 bridgehead atoms. The van der Waals surface area contributed by atoms with E-state index in [1.807, 2.05) is 0 Å². The third-order valence-electron chi connectivity index (χ3n) is 3.84. The Morgan fingerprint density at radius 2 is 1.12 bits per heavy atom. The highest BCUT2D eigenvalue weighted by Crippen LogP contribution is 2.31. The first kappa shape index (κ1) is 16.9. The summed E-state index contributed by atoms with van der Waals surface area (Å²) in [5.74, 6) is 0. The minimum atomic E-state index is -0.133. The van der Waals surface area contributed by atoms with E-state index in [0.29, 0.717) is 0 Å². The fraction of sp³-hybridized carbons (Fsp3) is 1.00. The number of hydrogen-bond acceptors (Lipinski definition) is 0. The molecular weight excluding hydrogens is 211 g/mol. The van der Waals surface area contributed by atoms with Gasteiger partial charge in [0.1, 0.15) is 0 Å². The summed E-state index contributed by atoms with van der Waals surface area (Å²) in [6.07, 6.45) is 13.7. The van der Waals surface area contributed by atoms with Crippen LogP contribution in [-0.4, -0.2) is 6.67 Å². The van der Waals surface area contributed by atoms with Crippen LogP contribution < -0.4 is 0 Å². The Bertz CT molecular complexity index is 156. The largest absolute Gasteiger partial charge is 0.251 e. The number of hydrogen-bond donors (Lipinski definition) is 0. The van der Waals surface area contributed by atoms with Crippen LogP contribution in [0.25, 0.3) is 0 Å². The third-order valence-corrected chi connectivity index (χ3v) is 3.84. The third kappa shape index (κ3) is 9.62. The number of unbranched alkanes of at least 4 members (excludes halogenated alkanes) is 7.